The number of hydrogen-bond acceptors (Lipinski definition) is 2. The average molecular weight is 267 g/mol. The van der Waals surface area contributed by atoms with Crippen LogP contribution in [0, 0.1) is 11.6 Å². The second-order valence-electron chi connectivity index (χ2n) is 2.23. The third kappa shape index (κ3) is 1.91. The van der Waals surface area contributed by atoms with Gasteiger partial charge in [-0.05, 0) is 28.3 Å². The van der Waals surface area contributed by atoms with Crippen molar-refractivity contribution in [3.8, 4) is 0 Å². The first-order valence-electron chi connectivity index (χ1n) is 3.28. The van der Waals surface area contributed by atoms with Gasteiger partial charge in [-0.3, -0.25) is 4.79 Å². The highest BCUT2D eigenvalue weighted by molar-refractivity contribution is 9.10. The molecule has 0 radical (unpaired) electrons. The van der Waals surface area contributed by atoms with Gasteiger partial charge in [-0.15, -0.1) is 11.8 Å². The van der Waals surface area contributed by atoms with E-state index in [0.29, 0.717) is 4.47 Å². The lowest BCUT2D eigenvalue weighted by Gasteiger charge is -2.04. The van der Waals surface area contributed by atoms with E-state index in [1.54, 1.807) is 6.26 Å². The number of thioether (sulfide) groups is 1. The van der Waals surface area contributed by atoms with E-state index in [9.17, 15) is 13.6 Å². The molecule has 0 saturated heterocycles. The van der Waals surface area contributed by atoms with Gasteiger partial charge in [-0.2, -0.15) is 0 Å². The smallest absolute Gasteiger partial charge is 0.174 e. The minimum atomic E-state index is -1.09. The van der Waals surface area contributed by atoms with E-state index in [0.717, 1.165) is 11.8 Å². The monoisotopic (exact) mass is 266 g/mol. The van der Waals surface area contributed by atoms with E-state index in [-0.39, 0.29) is 16.7 Å². The Morgan fingerprint density at radius 1 is 1.46 bits per heavy atom. The van der Waals surface area contributed by atoms with Crippen LogP contribution in [0.15, 0.2) is 15.4 Å². The van der Waals surface area contributed by atoms with Gasteiger partial charge < -0.3 is 0 Å². The number of carbonyl (C=O) groups is 1. The van der Waals surface area contributed by atoms with Gasteiger partial charge in [-0.25, -0.2) is 8.78 Å². The Morgan fingerprint density at radius 2 is 2.08 bits per heavy atom. The minimum absolute atomic E-state index is 0.170. The molecule has 0 fully saturated rings. The molecule has 1 rings (SSSR count). The molecular weight excluding hydrogens is 262 g/mol. The first-order chi connectivity index (χ1) is 6.11. The molecule has 0 N–H and O–H groups in total. The maximum Gasteiger partial charge on any atom is 0.174 e. The lowest BCUT2D eigenvalue weighted by Crippen LogP contribution is -1.96. The van der Waals surface area contributed by atoms with Gasteiger partial charge in [0.2, 0.25) is 0 Å². The van der Waals surface area contributed by atoms with E-state index >= 15 is 0 Å². The molecule has 0 aromatic heterocycles. The molecule has 0 atom stereocenters. The van der Waals surface area contributed by atoms with Crippen LogP contribution in [-0.2, 0) is 0 Å². The number of halogens is 3. The molecule has 1 aromatic carbocycles. The molecule has 5 heteroatoms. The van der Waals surface area contributed by atoms with Gasteiger partial charge in [0, 0.05) is 4.47 Å². The average Bonchev–Trinajstić information content (AvgIpc) is 2.12. The SMILES string of the molecule is CSc1c(Br)cc(C=O)c(F)c1F. The molecular formula is C8H5BrF2OS. The van der Waals surface area contributed by atoms with Gasteiger partial charge in [0.05, 0.1) is 10.5 Å². The van der Waals surface area contributed by atoms with Crippen molar-refractivity contribution in [2.75, 3.05) is 6.26 Å². The third-order valence-corrected chi connectivity index (χ3v) is 3.17. The molecule has 0 saturated carbocycles. The summed E-state index contributed by atoms with van der Waals surface area (Å²) in [6.45, 7) is 0. The van der Waals surface area contributed by atoms with Crippen molar-refractivity contribution in [3.05, 3.63) is 27.7 Å². The quantitative estimate of drug-likeness (QED) is 0.464. The predicted octanol–water partition coefficient (Wildman–Crippen LogP) is 3.26. The number of carbonyl (C=O) groups excluding carboxylic acids is 1. The molecule has 13 heavy (non-hydrogen) atoms. The Morgan fingerprint density at radius 3 is 2.54 bits per heavy atom. The largest absolute Gasteiger partial charge is 0.298 e. The van der Waals surface area contributed by atoms with Crippen molar-refractivity contribution in [1.29, 1.82) is 0 Å². The summed E-state index contributed by atoms with van der Waals surface area (Å²) in [5, 5.41) is 0. The van der Waals surface area contributed by atoms with Gasteiger partial charge in [0.1, 0.15) is 0 Å². The summed E-state index contributed by atoms with van der Waals surface area (Å²) in [7, 11) is 0. The second-order valence-corrected chi connectivity index (χ2v) is 3.90. The number of aldehydes is 1. The number of rotatable bonds is 2. The van der Waals surface area contributed by atoms with Crippen LogP contribution in [0.3, 0.4) is 0 Å². The van der Waals surface area contributed by atoms with Crippen molar-refractivity contribution < 1.29 is 13.6 Å². The fraction of sp³-hybridized carbons (Fsp3) is 0.125. The summed E-state index contributed by atoms with van der Waals surface area (Å²) in [6.07, 6.45) is 1.91. The molecule has 0 aliphatic rings. The van der Waals surface area contributed by atoms with Crippen LogP contribution < -0.4 is 0 Å². The Kier molecular flexibility index (Phi) is 3.44. The Labute approximate surface area is 86.6 Å². The fourth-order valence-electron chi connectivity index (χ4n) is 0.870. The van der Waals surface area contributed by atoms with Crippen LogP contribution in [0.4, 0.5) is 8.78 Å². The van der Waals surface area contributed by atoms with Crippen LogP contribution in [0.1, 0.15) is 10.4 Å². The van der Waals surface area contributed by atoms with E-state index in [2.05, 4.69) is 15.9 Å². The molecule has 70 valence electrons. The minimum Gasteiger partial charge on any atom is -0.298 e. The van der Waals surface area contributed by atoms with E-state index in [1.807, 2.05) is 0 Å². The van der Waals surface area contributed by atoms with Crippen LogP contribution in [-0.4, -0.2) is 12.5 Å². The molecule has 0 bridgehead atoms. The highest BCUT2D eigenvalue weighted by Gasteiger charge is 2.15. The predicted molar refractivity (Wildman–Crippen MR) is 51.2 cm³/mol. The molecule has 1 nitrogen and oxygen atoms in total. The molecule has 0 spiro atoms. The molecule has 1 aromatic rings. The van der Waals surface area contributed by atoms with Crippen molar-refractivity contribution in [2.45, 2.75) is 4.90 Å². The molecule has 0 aliphatic carbocycles. The highest BCUT2D eigenvalue weighted by Crippen LogP contribution is 2.31. The highest BCUT2D eigenvalue weighted by atomic mass is 79.9. The van der Waals surface area contributed by atoms with E-state index < -0.39 is 11.6 Å². The summed E-state index contributed by atoms with van der Waals surface area (Å²) >= 11 is 4.12. The van der Waals surface area contributed by atoms with Crippen LogP contribution in [0.5, 0.6) is 0 Å². The van der Waals surface area contributed by atoms with Crippen LogP contribution >= 0.6 is 27.7 Å². The summed E-state index contributed by atoms with van der Waals surface area (Å²) in [5.41, 5.74) is -0.276. The first-order valence-corrected chi connectivity index (χ1v) is 5.30. The van der Waals surface area contributed by atoms with Crippen LogP contribution in [0.25, 0.3) is 0 Å². The second kappa shape index (κ2) is 4.19. The lowest BCUT2D eigenvalue weighted by molar-refractivity contribution is 0.111. The topological polar surface area (TPSA) is 17.1 Å². The molecule has 0 heterocycles. The van der Waals surface area contributed by atoms with Gasteiger partial charge in [-0.1, -0.05) is 0 Å². The standard InChI is InChI=1S/C8H5BrF2OS/c1-13-8-5(9)2-4(3-12)6(10)7(8)11/h2-3H,1H3. The zero-order valence-corrected chi connectivity index (χ0v) is 9.01. The molecule has 0 unspecified atom stereocenters. The van der Waals surface area contributed by atoms with Crippen molar-refractivity contribution in [2.24, 2.45) is 0 Å². The Bertz CT molecular complexity index is 354. The Hall–Kier alpha value is -0.420. The molecule has 0 amide bonds. The first kappa shape index (κ1) is 10.7. The van der Waals surface area contributed by atoms with Crippen LogP contribution in [0.2, 0.25) is 0 Å². The summed E-state index contributed by atoms with van der Waals surface area (Å²) in [6, 6.07) is 1.26. The third-order valence-electron chi connectivity index (χ3n) is 1.48. The van der Waals surface area contributed by atoms with Gasteiger partial charge in [0.25, 0.3) is 0 Å². The van der Waals surface area contributed by atoms with Crippen molar-refractivity contribution >= 4 is 34.0 Å². The van der Waals surface area contributed by atoms with Gasteiger partial charge in [0.15, 0.2) is 17.9 Å². The van der Waals surface area contributed by atoms with Crippen molar-refractivity contribution in [3.63, 3.8) is 0 Å². The maximum absolute atomic E-state index is 13.1. The zero-order valence-electron chi connectivity index (χ0n) is 6.61. The zero-order chi connectivity index (χ0) is 10.0. The fourth-order valence-corrected chi connectivity index (χ4v) is 2.30. The van der Waals surface area contributed by atoms with Gasteiger partial charge >= 0.3 is 0 Å². The Balaban J connectivity index is 3.45. The molecule has 0 aliphatic heterocycles. The van der Waals surface area contributed by atoms with E-state index in [1.165, 1.54) is 6.07 Å². The number of hydrogen-bond donors (Lipinski definition) is 0. The normalized spacial score (nSPS) is 10.2. The number of benzene rings is 1. The summed E-state index contributed by atoms with van der Waals surface area (Å²) in [4.78, 5) is 10.5. The summed E-state index contributed by atoms with van der Waals surface area (Å²) < 4.78 is 26.5. The summed E-state index contributed by atoms with van der Waals surface area (Å²) in [5.74, 6) is -2.08. The maximum atomic E-state index is 13.1. The van der Waals surface area contributed by atoms with Crippen molar-refractivity contribution in [1.82, 2.24) is 0 Å². The lowest BCUT2D eigenvalue weighted by atomic mass is 10.2. The van der Waals surface area contributed by atoms with E-state index in [4.69, 9.17) is 0 Å².